The Bertz CT molecular complexity index is 602. The zero-order valence-electron chi connectivity index (χ0n) is 9.51. The van der Waals surface area contributed by atoms with Crippen molar-refractivity contribution in [1.29, 1.82) is 0 Å². The van der Waals surface area contributed by atoms with Crippen LogP contribution in [0.1, 0.15) is 16.2 Å². The lowest BCUT2D eigenvalue weighted by atomic mass is 10.3. The molecule has 0 spiro atoms. The fraction of sp³-hybridized carbons (Fsp3) is 0.0909. The van der Waals surface area contributed by atoms with Crippen LogP contribution in [0.5, 0.6) is 0 Å². The molecule has 92 valence electrons. The highest BCUT2D eigenvalue weighted by Gasteiger charge is 2.14. The fourth-order valence-corrected chi connectivity index (χ4v) is 1.61. The molecule has 2 aromatic rings. The van der Waals surface area contributed by atoms with Crippen LogP contribution in [0.15, 0.2) is 29.0 Å². The van der Waals surface area contributed by atoms with Gasteiger partial charge in [-0.3, -0.25) is 4.79 Å². The molecule has 0 aliphatic rings. The molecule has 0 saturated heterocycles. The molecule has 0 radical (unpaired) electrons. The Morgan fingerprint density at radius 2 is 2.17 bits per heavy atom. The highest BCUT2D eigenvalue weighted by atomic mass is 79.9. The molecule has 0 aromatic carbocycles. The fourth-order valence-electron chi connectivity index (χ4n) is 1.33. The predicted octanol–water partition coefficient (Wildman–Crippen LogP) is 1.78. The second kappa shape index (κ2) is 5.09. The lowest BCUT2D eigenvalue weighted by Crippen LogP contribution is -2.17. The van der Waals surface area contributed by atoms with E-state index >= 15 is 0 Å². The zero-order valence-corrected chi connectivity index (χ0v) is 11.1. The summed E-state index contributed by atoms with van der Waals surface area (Å²) in [4.78, 5) is 23.9. The predicted molar refractivity (Wildman–Crippen MR) is 71.1 cm³/mol. The number of aryl methyl sites for hydroxylation is 1. The number of nitrogens with two attached hydrogens (primary N) is 1. The van der Waals surface area contributed by atoms with Gasteiger partial charge in [0, 0.05) is 5.69 Å². The number of anilines is 2. The maximum absolute atomic E-state index is 11.9. The lowest BCUT2D eigenvalue weighted by molar-refractivity contribution is 0.102. The van der Waals surface area contributed by atoms with Crippen LogP contribution >= 0.6 is 15.9 Å². The number of carbonyl (C=O) groups excluding carboxylic acids is 1. The third kappa shape index (κ3) is 2.80. The van der Waals surface area contributed by atoms with Crippen LogP contribution in [0.2, 0.25) is 0 Å². The van der Waals surface area contributed by atoms with Gasteiger partial charge in [0.2, 0.25) is 0 Å². The molecule has 0 fully saturated rings. The summed E-state index contributed by atoms with van der Waals surface area (Å²) in [5.74, 6) is 0.0731. The molecule has 18 heavy (non-hydrogen) atoms. The van der Waals surface area contributed by atoms with Crippen molar-refractivity contribution in [3.05, 3.63) is 40.4 Å². The summed E-state index contributed by atoms with van der Waals surface area (Å²) in [6, 6.07) is 5.32. The first-order chi connectivity index (χ1) is 8.56. The van der Waals surface area contributed by atoms with Crippen LogP contribution in [0.4, 0.5) is 11.6 Å². The van der Waals surface area contributed by atoms with Crippen molar-refractivity contribution in [2.75, 3.05) is 11.1 Å². The molecule has 2 rings (SSSR count). The number of aromatic nitrogens is 3. The quantitative estimate of drug-likeness (QED) is 0.882. The van der Waals surface area contributed by atoms with E-state index in [1.165, 1.54) is 6.20 Å². The maximum Gasteiger partial charge on any atom is 0.279 e. The van der Waals surface area contributed by atoms with Gasteiger partial charge in [-0.05, 0) is 35.0 Å². The Morgan fingerprint density at radius 1 is 1.39 bits per heavy atom. The Morgan fingerprint density at radius 3 is 2.89 bits per heavy atom. The average Bonchev–Trinajstić information content (AvgIpc) is 2.32. The van der Waals surface area contributed by atoms with Crippen molar-refractivity contribution >= 4 is 33.5 Å². The monoisotopic (exact) mass is 307 g/mol. The van der Waals surface area contributed by atoms with Gasteiger partial charge >= 0.3 is 0 Å². The zero-order chi connectivity index (χ0) is 13.1. The van der Waals surface area contributed by atoms with Gasteiger partial charge < -0.3 is 11.1 Å². The van der Waals surface area contributed by atoms with Crippen LogP contribution in [-0.2, 0) is 0 Å². The van der Waals surface area contributed by atoms with E-state index < -0.39 is 5.91 Å². The molecule has 1 amide bonds. The minimum atomic E-state index is -0.445. The van der Waals surface area contributed by atoms with Gasteiger partial charge in [0.25, 0.3) is 5.91 Å². The molecule has 2 aromatic heterocycles. The molecular formula is C11H10BrN5O. The molecule has 0 aliphatic heterocycles. The Labute approximate surface area is 112 Å². The van der Waals surface area contributed by atoms with E-state index in [9.17, 15) is 4.79 Å². The van der Waals surface area contributed by atoms with Crippen LogP contribution < -0.4 is 11.1 Å². The molecule has 0 saturated carbocycles. The molecule has 3 N–H and O–H groups in total. The Balaban J connectivity index is 2.24. The maximum atomic E-state index is 11.9. The standard InChI is InChI=1S/C11H10BrN5O/c1-6-3-2-4-8(15-6)17-11(18)9-10(13)14-5-7(12)16-9/h2-5H,1H3,(H2,13,14)(H,15,17,18). The second-order valence-electron chi connectivity index (χ2n) is 3.54. The Hall–Kier alpha value is -2.02. The van der Waals surface area contributed by atoms with Crippen molar-refractivity contribution in [1.82, 2.24) is 15.0 Å². The van der Waals surface area contributed by atoms with Gasteiger partial charge in [-0.25, -0.2) is 15.0 Å². The molecule has 0 unspecified atom stereocenters. The van der Waals surface area contributed by atoms with Crippen molar-refractivity contribution in [2.24, 2.45) is 0 Å². The topological polar surface area (TPSA) is 93.8 Å². The van der Waals surface area contributed by atoms with Crippen LogP contribution in [0, 0.1) is 6.92 Å². The summed E-state index contributed by atoms with van der Waals surface area (Å²) in [5, 5.41) is 2.61. The number of nitrogens with zero attached hydrogens (tertiary/aromatic N) is 3. The second-order valence-corrected chi connectivity index (χ2v) is 4.36. The molecule has 0 atom stereocenters. The molecule has 7 heteroatoms. The summed E-state index contributed by atoms with van der Waals surface area (Å²) in [6.45, 7) is 1.84. The van der Waals surface area contributed by atoms with Crippen molar-refractivity contribution in [3.8, 4) is 0 Å². The SMILES string of the molecule is Cc1cccc(NC(=O)c2nc(Br)cnc2N)n1. The number of carbonyl (C=O) groups is 1. The number of nitrogen functional groups attached to an aromatic ring is 1. The van der Waals surface area contributed by atoms with Gasteiger partial charge in [-0.2, -0.15) is 0 Å². The van der Waals surface area contributed by atoms with Crippen LogP contribution in [0.25, 0.3) is 0 Å². The number of amides is 1. The summed E-state index contributed by atoms with van der Waals surface area (Å²) in [5.41, 5.74) is 6.47. The number of pyridine rings is 1. The smallest absolute Gasteiger partial charge is 0.279 e. The number of halogens is 1. The van der Waals surface area contributed by atoms with Crippen molar-refractivity contribution in [3.63, 3.8) is 0 Å². The summed E-state index contributed by atoms with van der Waals surface area (Å²) in [6.07, 6.45) is 1.43. The van der Waals surface area contributed by atoms with E-state index in [2.05, 4.69) is 36.2 Å². The Kier molecular flexibility index (Phi) is 3.52. The normalized spacial score (nSPS) is 10.1. The number of rotatable bonds is 2. The summed E-state index contributed by atoms with van der Waals surface area (Å²) in [7, 11) is 0. The highest BCUT2D eigenvalue weighted by Crippen LogP contribution is 2.12. The molecule has 6 nitrogen and oxygen atoms in total. The third-order valence-corrected chi connectivity index (χ3v) is 2.50. The molecule has 2 heterocycles. The van der Waals surface area contributed by atoms with Gasteiger partial charge in [-0.1, -0.05) is 6.07 Å². The number of hydrogen-bond donors (Lipinski definition) is 2. The molecular weight excluding hydrogens is 298 g/mol. The molecule has 0 bridgehead atoms. The number of nitrogens with one attached hydrogen (secondary N) is 1. The van der Waals surface area contributed by atoms with E-state index in [0.717, 1.165) is 5.69 Å². The van der Waals surface area contributed by atoms with Gasteiger partial charge in [0.1, 0.15) is 10.4 Å². The molecule has 0 aliphatic carbocycles. The van der Waals surface area contributed by atoms with E-state index in [1.807, 2.05) is 13.0 Å². The third-order valence-electron chi connectivity index (χ3n) is 2.12. The van der Waals surface area contributed by atoms with E-state index in [0.29, 0.717) is 10.4 Å². The minimum Gasteiger partial charge on any atom is -0.382 e. The lowest BCUT2D eigenvalue weighted by Gasteiger charge is -2.06. The van der Waals surface area contributed by atoms with Gasteiger partial charge in [0.05, 0.1) is 6.20 Å². The first-order valence-corrected chi connectivity index (χ1v) is 5.88. The van der Waals surface area contributed by atoms with E-state index in [-0.39, 0.29) is 11.5 Å². The van der Waals surface area contributed by atoms with Crippen LogP contribution in [-0.4, -0.2) is 20.9 Å². The first-order valence-electron chi connectivity index (χ1n) is 5.09. The largest absolute Gasteiger partial charge is 0.382 e. The van der Waals surface area contributed by atoms with Gasteiger partial charge in [0.15, 0.2) is 11.5 Å². The van der Waals surface area contributed by atoms with E-state index in [1.54, 1.807) is 12.1 Å². The van der Waals surface area contributed by atoms with Crippen molar-refractivity contribution in [2.45, 2.75) is 6.92 Å². The van der Waals surface area contributed by atoms with E-state index in [4.69, 9.17) is 5.73 Å². The minimum absolute atomic E-state index is 0.0627. The highest BCUT2D eigenvalue weighted by molar-refractivity contribution is 9.10. The van der Waals surface area contributed by atoms with Crippen molar-refractivity contribution < 1.29 is 4.79 Å². The number of hydrogen-bond acceptors (Lipinski definition) is 5. The van der Waals surface area contributed by atoms with Gasteiger partial charge in [-0.15, -0.1) is 0 Å². The first kappa shape index (κ1) is 12.4. The summed E-state index contributed by atoms with van der Waals surface area (Å²) < 4.78 is 0.444. The average molecular weight is 308 g/mol. The van der Waals surface area contributed by atoms with Crippen LogP contribution in [0.3, 0.4) is 0 Å². The summed E-state index contributed by atoms with van der Waals surface area (Å²) >= 11 is 3.14.